The van der Waals surface area contributed by atoms with Crippen molar-refractivity contribution in [3.8, 4) is 0 Å². The zero-order chi connectivity index (χ0) is 22.5. The van der Waals surface area contributed by atoms with E-state index in [0.717, 1.165) is 17.5 Å². The standard InChI is InChI=1S/C22H20F3N5O2/c23-22(24,25)12-30-16-5-2-1-4-15(16)27-21(30)28-20(32)13-6-7-14-17(10-13)29-9-3-8-26-11-18(29)19(14)31/h1-2,4-7,10,18,26H,3,8-9,11-12H2,(H,27,28,32). The molecule has 5 rings (SSSR count). The van der Waals surface area contributed by atoms with Crippen LogP contribution in [0.3, 0.4) is 0 Å². The number of amides is 1. The summed E-state index contributed by atoms with van der Waals surface area (Å²) in [6.07, 6.45) is -3.62. The number of rotatable bonds is 3. The highest BCUT2D eigenvalue weighted by atomic mass is 19.4. The van der Waals surface area contributed by atoms with Gasteiger partial charge in [0.25, 0.3) is 5.91 Å². The fraction of sp³-hybridized carbons (Fsp3) is 0.318. The molecular weight excluding hydrogens is 423 g/mol. The number of fused-ring (bicyclic) bond motifs is 4. The van der Waals surface area contributed by atoms with Crippen molar-refractivity contribution in [2.45, 2.75) is 25.2 Å². The van der Waals surface area contributed by atoms with Crippen molar-refractivity contribution in [1.29, 1.82) is 0 Å². The minimum Gasteiger partial charge on any atom is -0.359 e. The van der Waals surface area contributed by atoms with E-state index in [1.165, 1.54) is 12.1 Å². The summed E-state index contributed by atoms with van der Waals surface area (Å²) in [4.78, 5) is 31.9. The molecule has 3 heterocycles. The van der Waals surface area contributed by atoms with E-state index in [1.54, 1.807) is 30.3 Å². The Balaban J connectivity index is 1.47. The van der Waals surface area contributed by atoms with Crippen molar-refractivity contribution in [1.82, 2.24) is 14.9 Å². The molecule has 2 aromatic carbocycles. The van der Waals surface area contributed by atoms with E-state index in [2.05, 4.69) is 15.6 Å². The van der Waals surface area contributed by atoms with E-state index in [1.807, 2.05) is 4.90 Å². The van der Waals surface area contributed by atoms with Gasteiger partial charge in [-0.2, -0.15) is 13.2 Å². The van der Waals surface area contributed by atoms with Crippen LogP contribution in [0.15, 0.2) is 42.5 Å². The van der Waals surface area contributed by atoms with Crippen LogP contribution >= 0.6 is 0 Å². The summed E-state index contributed by atoms with van der Waals surface area (Å²) in [5.74, 6) is -0.759. The van der Waals surface area contributed by atoms with Crippen molar-refractivity contribution >= 4 is 34.4 Å². The molecule has 2 N–H and O–H groups in total. The number of nitrogens with zero attached hydrogens (tertiary/aromatic N) is 3. The number of hydrogen-bond donors (Lipinski definition) is 2. The van der Waals surface area contributed by atoms with Crippen LogP contribution in [0.1, 0.15) is 27.1 Å². The minimum absolute atomic E-state index is 0.00771. The van der Waals surface area contributed by atoms with Crippen LogP contribution in [0.4, 0.5) is 24.8 Å². The number of imidazole rings is 1. The van der Waals surface area contributed by atoms with E-state index in [-0.39, 0.29) is 28.9 Å². The normalized spacial score (nSPS) is 18.4. The molecular formula is C22H20F3N5O2. The van der Waals surface area contributed by atoms with Gasteiger partial charge in [0.2, 0.25) is 5.95 Å². The molecule has 3 aromatic rings. The quantitative estimate of drug-likeness (QED) is 0.650. The molecule has 1 atom stereocenters. The SMILES string of the molecule is O=C(Nc1nc2ccccc2n1CC(F)(F)F)c1ccc2c(c1)N1CCCNCC1C2=O. The van der Waals surface area contributed by atoms with Gasteiger partial charge in [-0.15, -0.1) is 0 Å². The van der Waals surface area contributed by atoms with Gasteiger partial charge >= 0.3 is 6.18 Å². The van der Waals surface area contributed by atoms with Gasteiger partial charge < -0.3 is 14.8 Å². The molecule has 10 heteroatoms. The molecule has 2 aliphatic heterocycles. The third kappa shape index (κ3) is 3.60. The lowest BCUT2D eigenvalue weighted by Crippen LogP contribution is -2.40. The van der Waals surface area contributed by atoms with E-state index in [4.69, 9.17) is 0 Å². The summed E-state index contributed by atoms with van der Waals surface area (Å²) in [5.41, 5.74) is 2.12. The molecule has 1 unspecified atom stereocenters. The Labute approximate surface area is 181 Å². The Bertz CT molecular complexity index is 1220. The van der Waals surface area contributed by atoms with Gasteiger partial charge in [0, 0.05) is 29.9 Å². The monoisotopic (exact) mass is 443 g/mol. The van der Waals surface area contributed by atoms with Crippen LogP contribution in [-0.4, -0.2) is 53.1 Å². The summed E-state index contributed by atoms with van der Waals surface area (Å²) in [6.45, 7) is 0.759. The van der Waals surface area contributed by atoms with E-state index < -0.39 is 18.6 Å². The number of ketones is 1. The number of hydrogen-bond acceptors (Lipinski definition) is 5. The molecule has 166 valence electrons. The Morgan fingerprint density at radius 1 is 1.22 bits per heavy atom. The maximum absolute atomic E-state index is 13.2. The van der Waals surface area contributed by atoms with E-state index in [9.17, 15) is 22.8 Å². The summed E-state index contributed by atoms with van der Waals surface area (Å²) in [7, 11) is 0. The predicted octanol–water partition coefficient (Wildman–Crippen LogP) is 3.22. The summed E-state index contributed by atoms with van der Waals surface area (Å²) in [5, 5.41) is 5.77. The molecule has 7 nitrogen and oxygen atoms in total. The minimum atomic E-state index is -4.48. The number of Topliss-reactive ketones (excluding diaryl/α,β-unsaturated/α-hetero) is 1. The van der Waals surface area contributed by atoms with Crippen LogP contribution in [0.25, 0.3) is 11.0 Å². The summed E-state index contributed by atoms with van der Waals surface area (Å²) < 4.78 is 40.4. The average molecular weight is 443 g/mol. The lowest BCUT2D eigenvalue weighted by molar-refractivity contribution is -0.139. The number of carbonyl (C=O) groups is 2. The number of alkyl halides is 3. The number of para-hydroxylation sites is 2. The second-order valence-electron chi connectivity index (χ2n) is 7.94. The van der Waals surface area contributed by atoms with Gasteiger partial charge in [-0.3, -0.25) is 14.9 Å². The van der Waals surface area contributed by atoms with Gasteiger partial charge in [-0.05, 0) is 43.3 Å². The first-order valence-electron chi connectivity index (χ1n) is 10.3. The highest BCUT2D eigenvalue weighted by Gasteiger charge is 2.38. The lowest BCUT2D eigenvalue weighted by Gasteiger charge is -2.23. The van der Waals surface area contributed by atoms with Crippen molar-refractivity contribution in [2.75, 3.05) is 29.9 Å². The third-order valence-corrected chi connectivity index (χ3v) is 5.82. The topological polar surface area (TPSA) is 79.3 Å². The number of nitrogens with one attached hydrogen (secondary N) is 2. The summed E-state index contributed by atoms with van der Waals surface area (Å²) >= 11 is 0. The largest absolute Gasteiger partial charge is 0.406 e. The number of anilines is 2. The summed E-state index contributed by atoms with van der Waals surface area (Å²) in [6, 6.07) is 10.9. The first kappa shape index (κ1) is 20.5. The zero-order valence-corrected chi connectivity index (χ0v) is 16.9. The van der Waals surface area contributed by atoms with Gasteiger partial charge in [-0.1, -0.05) is 12.1 Å². The van der Waals surface area contributed by atoms with Gasteiger partial charge in [0.1, 0.15) is 12.6 Å². The molecule has 1 saturated heterocycles. The molecule has 0 radical (unpaired) electrons. The first-order chi connectivity index (χ1) is 15.3. The Kier molecular flexibility index (Phi) is 4.89. The number of aromatic nitrogens is 2. The average Bonchev–Trinajstić information content (AvgIpc) is 3.08. The molecule has 0 spiro atoms. The molecule has 0 aliphatic carbocycles. The molecule has 2 aliphatic rings. The molecule has 0 bridgehead atoms. The second-order valence-corrected chi connectivity index (χ2v) is 7.94. The molecule has 1 fully saturated rings. The predicted molar refractivity (Wildman–Crippen MR) is 113 cm³/mol. The van der Waals surface area contributed by atoms with Gasteiger partial charge in [-0.25, -0.2) is 4.98 Å². The smallest absolute Gasteiger partial charge is 0.359 e. The Hall–Kier alpha value is -3.40. The van der Waals surface area contributed by atoms with Gasteiger partial charge in [0.15, 0.2) is 5.78 Å². The second kappa shape index (κ2) is 7.63. The van der Waals surface area contributed by atoms with Crippen molar-refractivity contribution in [3.63, 3.8) is 0 Å². The van der Waals surface area contributed by atoms with Crippen LogP contribution in [0.5, 0.6) is 0 Å². The Morgan fingerprint density at radius 3 is 2.84 bits per heavy atom. The van der Waals surface area contributed by atoms with Crippen LogP contribution < -0.4 is 15.5 Å². The third-order valence-electron chi connectivity index (χ3n) is 5.82. The fourth-order valence-electron chi connectivity index (χ4n) is 4.38. The van der Waals surface area contributed by atoms with Crippen molar-refractivity contribution in [3.05, 3.63) is 53.6 Å². The van der Waals surface area contributed by atoms with Crippen molar-refractivity contribution < 1.29 is 22.8 Å². The van der Waals surface area contributed by atoms with E-state index in [0.29, 0.717) is 29.9 Å². The molecule has 1 aromatic heterocycles. The molecule has 0 saturated carbocycles. The van der Waals surface area contributed by atoms with Crippen LogP contribution in [0, 0.1) is 0 Å². The number of halogens is 3. The van der Waals surface area contributed by atoms with Gasteiger partial charge in [0.05, 0.1) is 11.0 Å². The van der Waals surface area contributed by atoms with Crippen LogP contribution in [-0.2, 0) is 6.54 Å². The highest BCUT2D eigenvalue weighted by Crippen LogP contribution is 2.34. The zero-order valence-electron chi connectivity index (χ0n) is 16.9. The van der Waals surface area contributed by atoms with E-state index >= 15 is 0 Å². The molecule has 1 amide bonds. The maximum Gasteiger partial charge on any atom is 0.406 e. The van der Waals surface area contributed by atoms with Crippen molar-refractivity contribution in [2.24, 2.45) is 0 Å². The number of benzene rings is 2. The maximum atomic E-state index is 13.2. The first-order valence-corrected chi connectivity index (χ1v) is 10.3. The lowest BCUT2D eigenvalue weighted by atomic mass is 10.1. The number of carbonyl (C=O) groups excluding carboxylic acids is 2. The fourth-order valence-corrected chi connectivity index (χ4v) is 4.38. The van der Waals surface area contributed by atoms with Crippen LogP contribution in [0.2, 0.25) is 0 Å². The Morgan fingerprint density at radius 2 is 2.03 bits per heavy atom. The molecule has 32 heavy (non-hydrogen) atoms. The highest BCUT2D eigenvalue weighted by molar-refractivity contribution is 6.13.